The zero-order chi connectivity index (χ0) is 13.4. The maximum atomic E-state index is 5.26. The van der Waals surface area contributed by atoms with E-state index in [1.807, 2.05) is 38.2 Å². The van der Waals surface area contributed by atoms with Crippen LogP contribution < -0.4 is 4.74 Å². The molecule has 0 spiro atoms. The number of methoxy groups -OCH3 is 1. The van der Waals surface area contributed by atoms with Crippen molar-refractivity contribution in [2.24, 2.45) is 7.05 Å². The summed E-state index contributed by atoms with van der Waals surface area (Å²) in [6.45, 7) is 1.89. The summed E-state index contributed by atoms with van der Waals surface area (Å²) in [6, 6.07) is 7.84. The number of hydrogen-bond donors (Lipinski definition) is 0. The minimum absolute atomic E-state index is 0.730. The maximum absolute atomic E-state index is 5.26. The first kappa shape index (κ1) is 11.6. The molecule has 0 saturated carbocycles. The molecule has 0 radical (unpaired) electrons. The molecular formula is C14H14N4O. The van der Waals surface area contributed by atoms with Gasteiger partial charge >= 0.3 is 0 Å². The Morgan fingerprint density at radius 3 is 2.84 bits per heavy atom. The molecule has 0 N–H and O–H groups in total. The van der Waals surface area contributed by atoms with Gasteiger partial charge in [-0.15, -0.1) is 0 Å². The number of hydrogen-bond acceptors (Lipinski definition) is 4. The molecule has 3 aromatic rings. The van der Waals surface area contributed by atoms with E-state index >= 15 is 0 Å². The van der Waals surface area contributed by atoms with Gasteiger partial charge in [-0.05, 0) is 19.1 Å². The van der Waals surface area contributed by atoms with Crippen molar-refractivity contribution in [3.8, 4) is 17.0 Å². The Kier molecular flexibility index (Phi) is 2.67. The van der Waals surface area contributed by atoms with Crippen LogP contribution in [0, 0.1) is 6.92 Å². The molecule has 96 valence electrons. The SMILES string of the molecule is COc1cccc(-c2nc(C)nc3c2cnn3C)c1. The van der Waals surface area contributed by atoms with Crippen molar-refractivity contribution in [1.29, 1.82) is 0 Å². The lowest BCUT2D eigenvalue weighted by atomic mass is 10.1. The van der Waals surface area contributed by atoms with E-state index in [1.165, 1.54) is 0 Å². The fourth-order valence-corrected chi connectivity index (χ4v) is 2.12. The third-order valence-corrected chi connectivity index (χ3v) is 3.05. The number of fused-ring (bicyclic) bond motifs is 1. The fourth-order valence-electron chi connectivity index (χ4n) is 2.12. The van der Waals surface area contributed by atoms with Crippen LogP contribution in [0.5, 0.6) is 5.75 Å². The van der Waals surface area contributed by atoms with Gasteiger partial charge < -0.3 is 4.74 Å². The second-order valence-electron chi connectivity index (χ2n) is 4.36. The smallest absolute Gasteiger partial charge is 0.161 e. The third-order valence-electron chi connectivity index (χ3n) is 3.05. The van der Waals surface area contributed by atoms with Crippen molar-refractivity contribution in [2.75, 3.05) is 7.11 Å². The highest BCUT2D eigenvalue weighted by Crippen LogP contribution is 2.28. The highest BCUT2D eigenvalue weighted by Gasteiger charge is 2.12. The average molecular weight is 254 g/mol. The highest BCUT2D eigenvalue weighted by atomic mass is 16.5. The number of nitrogens with zero attached hydrogens (tertiary/aromatic N) is 4. The molecule has 2 heterocycles. The molecule has 2 aromatic heterocycles. The van der Waals surface area contributed by atoms with Crippen LogP contribution >= 0.6 is 0 Å². The molecule has 0 atom stereocenters. The van der Waals surface area contributed by atoms with Gasteiger partial charge in [-0.1, -0.05) is 12.1 Å². The van der Waals surface area contributed by atoms with E-state index in [0.29, 0.717) is 0 Å². The Morgan fingerprint density at radius 1 is 1.21 bits per heavy atom. The first-order valence-corrected chi connectivity index (χ1v) is 6.00. The summed E-state index contributed by atoms with van der Waals surface area (Å²) in [7, 11) is 3.54. The number of rotatable bonds is 2. The molecule has 0 unspecified atom stereocenters. The van der Waals surface area contributed by atoms with Crippen LogP contribution in [0.4, 0.5) is 0 Å². The molecule has 0 amide bonds. The van der Waals surface area contributed by atoms with E-state index in [1.54, 1.807) is 18.0 Å². The zero-order valence-corrected chi connectivity index (χ0v) is 11.1. The van der Waals surface area contributed by atoms with Crippen LogP contribution in [0.25, 0.3) is 22.3 Å². The van der Waals surface area contributed by atoms with Gasteiger partial charge in [-0.25, -0.2) is 9.97 Å². The minimum Gasteiger partial charge on any atom is -0.497 e. The van der Waals surface area contributed by atoms with E-state index in [2.05, 4.69) is 15.1 Å². The van der Waals surface area contributed by atoms with Crippen LogP contribution in [0.3, 0.4) is 0 Å². The molecule has 0 aliphatic carbocycles. The number of ether oxygens (including phenoxy) is 1. The number of benzene rings is 1. The summed E-state index contributed by atoms with van der Waals surface area (Å²) in [5.41, 5.74) is 2.72. The predicted molar refractivity (Wildman–Crippen MR) is 73.0 cm³/mol. The summed E-state index contributed by atoms with van der Waals surface area (Å²) in [5, 5.41) is 5.19. The molecule has 3 rings (SSSR count). The molecule has 0 aliphatic rings. The van der Waals surface area contributed by atoms with Crippen molar-refractivity contribution in [3.05, 3.63) is 36.3 Å². The molecule has 5 nitrogen and oxygen atoms in total. The molecule has 0 aliphatic heterocycles. The Hall–Kier alpha value is -2.43. The lowest BCUT2D eigenvalue weighted by molar-refractivity contribution is 0.415. The van der Waals surface area contributed by atoms with Crippen molar-refractivity contribution >= 4 is 11.0 Å². The molecule has 5 heteroatoms. The molecular weight excluding hydrogens is 240 g/mol. The molecule has 0 saturated heterocycles. The molecule has 1 aromatic carbocycles. The van der Waals surface area contributed by atoms with E-state index in [9.17, 15) is 0 Å². The molecule has 19 heavy (non-hydrogen) atoms. The van der Waals surface area contributed by atoms with Crippen LogP contribution in [0.15, 0.2) is 30.5 Å². The summed E-state index contributed by atoms with van der Waals surface area (Å²) in [5.74, 6) is 1.54. The Bertz CT molecular complexity index is 748. The van der Waals surface area contributed by atoms with E-state index in [-0.39, 0.29) is 0 Å². The van der Waals surface area contributed by atoms with Crippen LogP contribution in [0.2, 0.25) is 0 Å². The van der Waals surface area contributed by atoms with Gasteiger partial charge in [0.15, 0.2) is 5.65 Å². The number of aryl methyl sites for hydroxylation is 2. The van der Waals surface area contributed by atoms with Crippen molar-refractivity contribution in [3.63, 3.8) is 0 Å². The fraction of sp³-hybridized carbons (Fsp3) is 0.214. The predicted octanol–water partition coefficient (Wildman–Crippen LogP) is 2.35. The van der Waals surface area contributed by atoms with Crippen molar-refractivity contribution in [2.45, 2.75) is 6.92 Å². The van der Waals surface area contributed by atoms with Gasteiger partial charge in [-0.2, -0.15) is 5.10 Å². The van der Waals surface area contributed by atoms with E-state index < -0.39 is 0 Å². The topological polar surface area (TPSA) is 52.8 Å². The van der Waals surface area contributed by atoms with Gasteiger partial charge in [0.2, 0.25) is 0 Å². The Morgan fingerprint density at radius 2 is 2.05 bits per heavy atom. The summed E-state index contributed by atoms with van der Waals surface area (Å²) >= 11 is 0. The van der Waals surface area contributed by atoms with Crippen molar-refractivity contribution in [1.82, 2.24) is 19.7 Å². The number of aromatic nitrogens is 4. The average Bonchev–Trinajstić information content (AvgIpc) is 2.80. The second kappa shape index (κ2) is 4.35. The van der Waals surface area contributed by atoms with Gasteiger partial charge in [0, 0.05) is 12.6 Å². The van der Waals surface area contributed by atoms with Crippen molar-refractivity contribution < 1.29 is 4.74 Å². The van der Waals surface area contributed by atoms with Crippen LogP contribution in [-0.2, 0) is 7.05 Å². The highest BCUT2D eigenvalue weighted by molar-refractivity contribution is 5.90. The van der Waals surface area contributed by atoms with E-state index in [0.717, 1.165) is 33.9 Å². The van der Waals surface area contributed by atoms with Gasteiger partial charge in [-0.3, -0.25) is 4.68 Å². The van der Waals surface area contributed by atoms with Gasteiger partial charge in [0.05, 0.1) is 24.4 Å². The lowest BCUT2D eigenvalue weighted by Crippen LogP contribution is -1.97. The largest absolute Gasteiger partial charge is 0.497 e. The van der Waals surface area contributed by atoms with Gasteiger partial charge in [0.25, 0.3) is 0 Å². The second-order valence-corrected chi connectivity index (χ2v) is 4.36. The third kappa shape index (κ3) is 1.93. The minimum atomic E-state index is 0.730. The molecule has 0 bridgehead atoms. The Labute approximate surface area is 110 Å². The normalized spacial score (nSPS) is 10.9. The monoisotopic (exact) mass is 254 g/mol. The summed E-state index contributed by atoms with van der Waals surface area (Å²) in [4.78, 5) is 8.96. The zero-order valence-electron chi connectivity index (χ0n) is 11.1. The quantitative estimate of drug-likeness (QED) is 0.704. The molecule has 0 fully saturated rings. The standard InChI is InChI=1S/C14H14N4O/c1-9-16-13(10-5-4-6-11(7-10)19-3)12-8-15-18(2)14(12)17-9/h4-8H,1-3H3. The lowest BCUT2D eigenvalue weighted by Gasteiger charge is -2.06. The first-order valence-electron chi connectivity index (χ1n) is 6.00. The van der Waals surface area contributed by atoms with Gasteiger partial charge in [0.1, 0.15) is 11.6 Å². The van der Waals surface area contributed by atoms with Crippen LogP contribution in [-0.4, -0.2) is 26.9 Å². The van der Waals surface area contributed by atoms with E-state index in [4.69, 9.17) is 4.74 Å². The summed E-state index contributed by atoms with van der Waals surface area (Å²) < 4.78 is 7.02. The summed E-state index contributed by atoms with van der Waals surface area (Å²) in [6.07, 6.45) is 1.80. The Balaban J connectivity index is 2.29. The first-order chi connectivity index (χ1) is 9.19. The van der Waals surface area contributed by atoms with Crippen LogP contribution in [0.1, 0.15) is 5.82 Å². The maximum Gasteiger partial charge on any atom is 0.161 e.